The number of hydrogen-bond acceptors (Lipinski definition) is 3. The van der Waals surface area contributed by atoms with E-state index in [-0.39, 0.29) is 5.56 Å². The van der Waals surface area contributed by atoms with Gasteiger partial charge >= 0.3 is 0 Å². The molecule has 1 heterocycles. The largest absolute Gasteiger partial charge is 0.371 e. The Morgan fingerprint density at radius 3 is 2.60 bits per heavy atom. The van der Waals surface area contributed by atoms with Gasteiger partial charge in [-0.25, -0.2) is 4.68 Å². The fourth-order valence-corrected chi connectivity index (χ4v) is 1.59. The Balaban J connectivity index is 2.95. The van der Waals surface area contributed by atoms with Gasteiger partial charge in [0.15, 0.2) is 0 Å². The van der Waals surface area contributed by atoms with Gasteiger partial charge in [0.2, 0.25) is 0 Å². The molecule has 0 saturated heterocycles. The highest BCUT2D eigenvalue weighted by Gasteiger charge is 2.04. The van der Waals surface area contributed by atoms with Crippen LogP contribution >= 0.6 is 11.6 Å². The zero-order chi connectivity index (χ0) is 11.3. The molecular weight excluding hydrogens is 214 g/mol. The van der Waals surface area contributed by atoms with Crippen LogP contribution < -0.4 is 10.5 Å². The Hall–Kier alpha value is -1.03. The Bertz CT molecular complexity index is 360. The van der Waals surface area contributed by atoms with Gasteiger partial charge in [-0.3, -0.25) is 4.79 Å². The van der Waals surface area contributed by atoms with Crippen molar-refractivity contribution in [3.05, 3.63) is 22.6 Å². The summed E-state index contributed by atoms with van der Waals surface area (Å²) in [7, 11) is 0. The van der Waals surface area contributed by atoms with Gasteiger partial charge in [-0.15, -0.1) is 11.6 Å². The molecule has 0 fully saturated rings. The second kappa shape index (κ2) is 5.75. The van der Waals surface area contributed by atoms with Crippen LogP contribution in [0.1, 0.15) is 13.8 Å². The van der Waals surface area contributed by atoms with Crippen molar-refractivity contribution in [1.29, 1.82) is 0 Å². The first-order valence-electron chi connectivity index (χ1n) is 5.11. The first-order chi connectivity index (χ1) is 7.22. The van der Waals surface area contributed by atoms with Crippen LogP contribution in [0, 0.1) is 0 Å². The van der Waals surface area contributed by atoms with Gasteiger partial charge in [0.25, 0.3) is 5.56 Å². The average Bonchev–Trinajstić information content (AvgIpc) is 2.24. The molecule has 1 aromatic rings. The molecule has 0 radical (unpaired) electrons. The average molecular weight is 230 g/mol. The molecule has 0 aliphatic carbocycles. The molecule has 0 aliphatic heterocycles. The number of rotatable bonds is 5. The van der Waals surface area contributed by atoms with Crippen LogP contribution in [0.4, 0.5) is 5.69 Å². The lowest BCUT2D eigenvalue weighted by molar-refractivity contribution is 0.617. The molecule has 84 valence electrons. The predicted molar refractivity (Wildman–Crippen MR) is 62.8 cm³/mol. The van der Waals surface area contributed by atoms with Crippen molar-refractivity contribution in [2.45, 2.75) is 20.4 Å². The van der Waals surface area contributed by atoms with Gasteiger partial charge in [-0.1, -0.05) is 0 Å². The van der Waals surface area contributed by atoms with Crippen molar-refractivity contribution >= 4 is 17.3 Å². The third-order valence-electron chi connectivity index (χ3n) is 2.28. The molecule has 0 atom stereocenters. The molecule has 0 bridgehead atoms. The summed E-state index contributed by atoms with van der Waals surface area (Å²) in [6.45, 7) is 6.30. The lowest BCUT2D eigenvalue weighted by Crippen LogP contribution is -2.28. The smallest absolute Gasteiger partial charge is 0.268 e. The van der Waals surface area contributed by atoms with E-state index in [0.717, 1.165) is 18.8 Å². The number of anilines is 1. The third-order valence-corrected chi connectivity index (χ3v) is 2.45. The highest BCUT2D eigenvalue weighted by Crippen LogP contribution is 2.07. The van der Waals surface area contributed by atoms with Crippen molar-refractivity contribution in [3.8, 4) is 0 Å². The van der Waals surface area contributed by atoms with Crippen LogP contribution in [0.3, 0.4) is 0 Å². The van der Waals surface area contributed by atoms with E-state index < -0.39 is 0 Å². The van der Waals surface area contributed by atoms with E-state index in [2.05, 4.69) is 10.00 Å². The molecule has 0 unspecified atom stereocenters. The van der Waals surface area contributed by atoms with E-state index in [9.17, 15) is 4.79 Å². The Labute approximate surface area is 94.5 Å². The number of hydrogen-bond donors (Lipinski definition) is 0. The molecular formula is C10H16ClN3O. The number of nitrogens with zero attached hydrogens (tertiary/aromatic N) is 3. The van der Waals surface area contributed by atoms with E-state index in [1.165, 1.54) is 4.68 Å². The normalized spacial score (nSPS) is 10.3. The molecule has 0 spiro atoms. The standard InChI is InChI=1S/C10H16ClN3O/c1-3-13(4-2)9-7-10(15)14(6-5-11)12-8-9/h7-8H,3-6H2,1-2H3. The van der Waals surface area contributed by atoms with E-state index >= 15 is 0 Å². The van der Waals surface area contributed by atoms with Crippen molar-refractivity contribution in [3.63, 3.8) is 0 Å². The van der Waals surface area contributed by atoms with Gasteiger partial charge in [0.05, 0.1) is 18.4 Å². The Morgan fingerprint density at radius 2 is 2.13 bits per heavy atom. The third kappa shape index (κ3) is 2.96. The number of alkyl halides is 1. The lowest BCUT2D eigenvalue weighted by Gasteiger charge is -2.20. The van der Waals surface area contributed by atoms with Crippen molar-refractivity contribution in [2.75, 3.05) is 23.9 Å². The monoisotopic (exact) mass is 229 g/mol. The SMILES string of the molecule is CCN(CC)c1cnn(CCCl)c(=O)c1. The second-order valence-corrected chi connectivity index (χ2v) is 3.51. The van der Waals surface area contributed by atoms with Gasteiger partial charge in [-0.05, 0) is 13.8 Å². The van der Waals surface area contributed by atoms with E-state index in [1.807, 2.05) is 13.8 Å². The minimum atomic E-state index is -0.0972. The lowest BCUT2D eigenvalue weighted by atomic mass is 10.4. The maximum atomic E-state index is 11.6. The predicted octanol–water partition coefficient (Wildman–Crippen LogP) is 1.33. The van der Waals surface area contributed by atoms with Crippen LogP contribution in [0.25, 0.3) is 0 Å². The zero-order valence-corrected chi connectivity index (χ0v) is 9.87. The maximum absolute atomic E-state index is 11.6. The zero-order valence-electron chi connectivity index (χ0n) is 9.11. The summed E-state index contributed by atoms with van der Waals surface area (Å²) in [4.78, 5) is 13.7. The molecule has 0 saturated carbocycles. The van der Waals surface area contributed by atoms with E-state index in [4.69, 9.17) is 11.6 Å². The van der Waals surface area contributed by atoms with Crippen LogP contribution in [0.15, 0.2) is 17.1 Å². The van der Waals surface area contributed by atoms with E-state index in [1.54, 1.807) is 12.3 Å². The minimum Gasteiger partial charge on any atom is -0.371 e. The minimum absolute atomic E-state index is 0.0972. The number of aromatic nitrogens is 2. The van der Waals surface area contributed by atoms with Crippen LogP contribution in [-0.2, 0) is 6.54 Å². The first-order valence-corrected chi connectivity index (χ1v) is 5.64. The molecule has 5 heteroatoms. The van der Waals surface area contributed by atoms with Gasteiger partial charge < -0.3 is 4.90 Å². The first kappa shape index (κ1) is 12.0. The topological polar surface area (TPSA) is 38.1 Å². The summed E-state index contributed by atoms with van der Waals surface area (Å²) in [5, 5.41) is 4.06. The van der Waals surface area contributed by atoms with Crippen molar-refractivity contribution in [1.82, 2.24) is 9.78 Å². The van der Waals surface area contributed by atoms with Crippen LogP contribution in [0.5, 0.6) is 0 Å². The fourth-order valence-electron chi connectivity index (χ4n) is 1.43. The molecule has 0 N–H and O–H groups in total. The molecule has 4 nitrogen and oxygen atoms in total. The summed E-state index contributed by atoms with van der Waals surface area (Å²) in [5.41, 5.74) is 0.774. The highest BCUT2D eigenvalue weighted by atomic mass is 35.5. The summed E-state index contributed by atoms with van der Waals surface area (Å²) < 4.78 is 1.38. The van der Waals surface area contributed by atoms with E-state index in [0.29, 0.717) is 12.4 Å². The summed E-state index contributed by atoms with van der Waals surface area (Å²) in [6, 6.07) is 1.60. The van der Waals surface area contributed by atoms with Gasteiger partial charge in [0.1, 0.15) is 0 Å². The van der Waals surface area contributed by atoms with Crippen molar-refractivity contribution in [2.24, 2.45) is 0 Å². The highest BCUT2D eigenvalue weighted by molar-refractivity contribution is 6.17. The van der Waals surface area contributed by atoms with Crippen molar-refractivity contribution < 1.29 is 0 Å². The maximum Gasteiger partial charge on any atom is 0.268 e. The Kier molecular flexibility index (Phi) is 4.62. The fraction of sp³-hybridized carbons (Fsp3) is 0.600. The molecule has 0 aliphatic rings. The van der Waals surface area contributed by atoms with Crippen LogP contribution in [-0.4, -0.2) is 28.8 Å². The molecule has 15 heavy (non-hydrogen) atoms. The summed E-state index contributed by atoms with van der Waals surface area (Å²) in [6.07, 6.45) is 1.71. The Morgan fingerprint density at radius 1 is 1.47 bits per heavy atom. The number of halogens is 1. The van der Waals surface area contributed by atoms with Gasteiger partial charge in [-0.2, -0.15) is 5.10 Å². The molecule has 1 rings (SSSR count). The molecule has 0 aromatic carbocycles. The summed E-state index contributed by atoms with van der Waals surface area (Å²) >= 11 is 5.55. The molecule has 1 aromatic heterocycles. The number of aryl methyl sites for hydroxylation is 1. The second-order valence-electron chi connectivity index (χ2n) is 3.14. The van der Waals surface area contributed by atoms with Gasteiger partial charge in [0, 0.05) is 25.0 Å². The quantitative estimate of drug-likeness (QED) is 0.715. The van der Waals surface area contributed by atoms with Crippen LogP contribution in [0.2, 0.25) is 0 Å². The summed E-state index contributed by atoms with van der Waals surface area (Å²) in [5.74, 6) is 0.400. The molecule has 0 amide bonds.